The molecule has 2 rings (SSSR count). The minimum Gasteiger partial charge on any atom is -0.397 e. The smallest absolute Gasteiger partial charge is 0.259 e. The van der Waals surface area contributed by atoms with Crippen LogP contribution in [-0.2, 0) is 0 Å². The Morgan fingerprint density at radius 1 is 1.33 bits per heavy atom. The van der Waals surface area contributed by atoms with E-state index < -0.39 is 0 Å². The van der Waals surface area contributed by atoms with E-state index in [1.165, 1.54) is 16.2 Å². The molecule has 0 saturated carbocycles. The molecule has 0 atom stereocenters. The second kappa shape index (κ2) is 5.66. The van der Waals surface area contributed by atoms with Crippen LogP contribution in [0.2, 0.25) is 0 Å². The first-order chi connectivity index (χ1) is 8.74. The van der Waals surface area contributed by atoms with E-state index >= 15 is 0 Å². The fourth-order valence-electron chi connectivity index (χ4n) is 1.71. The number of hydrogen-bond acceptors (Lipinski definition) is 4. The van der Waals surface area contributed by atoms with E-state index in [4.69, 9.17) is 10.8 Å². The first-order valence-corrected chi connectivity index (χ1v) is 6.47. The largest absolute Gasteiger partial charge is 0.397 e. The third kappa shape index (κ3) is 2.52. The van der Waals surface area contributed by atoms with E-state index in [1.54, 1.807) is 23.6 Å². The van der Waals surface area contributed by atoms with E-state index in [1.807, 2.05) is 17.5 Å². The fraction of sp³-hybridized carbons (Fsp3) is 0.154. The summed E-state index contributed by atoms with van der Waals surface area (Å²) in [6, 6.07) is 8.90. The van der Waals surface area contributed by atoms with Crippen molar-refractivity contribution in [1.82, 2.24) is 0 Å². The third-order valence-corrected chi connectivity index (χ3v) is 3.25. The van der Waals surface area contributed by atoms with E-state index in [9.17, 15) is 4.79 Å². The van der Waals surface area contributed by atoms with Crippen LogP contribution in [0.5, 0.6) is 0 Å². The van der Waals surface area contributed by atoms with Gasteiger partial charge in [-0.15, -0.1) is 0 Å². The number of anilines is 2. The lowest BCUT2D eigenvalue weighted by Gasteiger charge is -2.22. The summed E-state index contributed by atoms with van der Waals surface area (Å²) < 4.78 is 0. The SMILES string of the molecule is Nc1ccccc1N(CCO)C(=O)c1ccsc1. The Morgan fingerprint density at radius 2 is 2.11 bits per heavy atom. The Hall–Kier alpha value is -1.85. The lowest BCUT2D eigenvalue weighted by atomic mass is 10.2. The Morgan fingerprint density at radius 3 is 2.72 bits per heavy atom. The first kappa shape index (κ1) is 12.6. The van der Waals surface area contributed by atoms with Gasteiger partial charge in [-0.3, -0.25) is 4.79 Å². The van der Waals surface area contributed by atoms with Crippen molar-refractivity contribution in [3.05, 3.63) is 46.7 Å². The number of hydrogen-bond donors (Lipinski definition) is 2. The highest BCUT2D eigenvalue weighted by Crippen LogP contribution is 2.24. The molecule has 0 aliphatic heterocycles. The Labute approximate surface area is 109 Å². The maximum Gasteiger partial charge on any atom is 0.259 e. The van der Waals surface area contributed by atoms with Crippen molar-refractivity contribution in [3.8, 4) is 0 Å². The highest BCUT2D eigenvalue weighted by molar-refractivity contribution is 7.08. The van der Waals surface area contributed by atoms with Crippen molar-refractivity contribution in [2.75, 3.05) is 23.8 Å². The van der Waals surface area contributed by atoms with E-state index in [2.05, 4.69) is 0 Å². The first-order valence-electron chi connectivity index (χ1n) is 5.53. The molecule has 0 radical (unpaired) electrons. The van der Waals surface area contributed by atoms with Crippen LogP contribution in [0.25, 0.3) is 0 Å². The quantitative estimate of drug-likeness (QED) is 0.828. The zero-order valence-corrected chi connectivity index (χ0v) is 10.6. The highest BCUT2D eigenvalue weighted by atomic mass is 32.1. The van der Waals surface area contributed by atoms with Crippen molar-refractivity contribution in [2.45, 2.75) is 0 Å². The zero-order chi connectivity index (χ0) is 13.0. The topological polar surface area (TPSA) is 66.6 Å². The van der Waals surface area contributed by atoms with Crippen molar-refractivity contribution in [1.29, 1.82) is 0 Å². The standard InChI is InChI=1S/C13H14N2O2S/c14-11-3-1-2-4-12(11)15(6-7-16)13(17)10-5-8-18-9-10/h1-5,8-9,16H,6-7,14H2. The molecule has 0 bridgehead atoms. The molecule has 0 aliphatic carbocycles. The van der Waals surface area contributed by atoms with Gasteiger partial charge in [-0.2, -0.15) is 11.3 Å². The molecule has 4 nitrogen and oxygen atoms in total. The van der Waals surface area contributed by atoms with Crippen LogP contribution < -0.4 is 10.6 Å². The Balaban J connectivity index is 2.34. The number of benzene rings is 1. The van der Waals surface area contributed by atoms with Gasteiger partial charge >= 0.3 is 0 Å². The molecule has 1 heterocycles. The number of aliphatic hydroxyl groups excluding tert-OH is 1. The van der Waals surface area contributed by atoms with Gasteiger partial charge in [0.25, 0.3) is 5.91 Å². The molecule has 1 aromatic heterocycles. The van der Waals surface area contributed by atoms with Crippen LogP contribution in [-0.4, -0.2) is 24.2 Å². The lowest BCUT2D eigenvalue weighted by molar-refractivity contribution is 0.0981. The lowest BCUT2D eigenvalue weighted by Crippen LogP contribution is -2.33. The number of carbonyl (C=O) groups excluding carboxylic acids is 1. The van der Waals surface area contributed by atoms with Gasteiger partial charge in [-0.05, 0) is 23.6 Å². The normalized spacial score (nSPS) is 10.3. The average molecular weight is 262 g/mol. The van der Waals surface area contributed by atoms with Gasteiger partial charge in [0.05, 0.1) is 23.5 Å². The summed E-state index contributed by atoms with van der Waals surface area (Å²) in [4.78, 5) is 13.8. The Bertz CT molecular complexity index is 526. The summed E-state index contributed by atoms with van der Waals surface area (Å²) in [6.45, 7) is 0.118. The van der Waals surface area contributed by atoms with Crippen LogP contribution >= 0.6 is 11.3 Å². The van der Waals surface area contributed by atoms with Gasteiger partial charge < -0.3 is 15.7 Å². The molecule has 0 aliphatic rings. The summed E-state index contributed by atoms with van der Waals surface area (Å²) >= 11 is 1.46. The number of aliphatic hydroxyl groups is 1. The molecule has 18 heavy (non-hydrogen) atoms. The highest BCUT2D eigenvalue weighted by Gasteiger charge is 2.19. The molecule has 0 unspecified atom stereocenters. The molecule has 1 amide bonds. The molecule has 94 valence electrons. The van der Waals surface area contributed by atoms with Crippen LogP contribution in [0, 0.1) is 0 Å². The summed E-state index contributed by atoms with van der Waals surface area (Å²) in [6.07, 6.45) is 0. The number of rotatable bonds is 4. The fourth-order valence-corrected chi connectivity index (χ4v) is 2.34. The maximum atomic E-state index is 12.3. The summed E-state index contributed by atoms with van der Waals surface area (Å²) in [5, 5.41) is 12.7. The van der Waals surface area contributed by atoms with E-state index in [0.29, 0.717) is 16.9 Å². The predicted molar refractivity (Wildman–Crippen MR) is 73.9 cm³/mol. The molecule has 0 saturated heterocycles. The van der Waals surface area contributed by atoms with Crippen LogP contribution in [0.4, 0.5) is 11.4 Å². The minimum atomic E-state index is -0.150. The number of amides is 1. The number of nitrogens with two attached hydrogens (primary N) is 1. The minimum absolute atomic E-state index is 0.107. The molecule has 3 N–H and O–H groups in total. The van der Waals surface area contributed by atoms with Crippen LogP contribution in [0.15, 0.2) is 41.1 Å². The molecule has 2 aromatic rings. The van der Waals surface area contributed by atoms with Crippen LogP contribution in [0.3, 0.4) is 0 Å². The van der Waals surface area contributed by atoms with Crippen molar-refractivity contribution < 1.29 is 9.90 Å². The average Bonchev–Trinajstić information content (AvgIpc) is 2.90. The second-order valence-electron chi connectivity index (χ2n) is 3.75. The van der Waals surface area contributed by atoms with Crippen LogP contribution in [0.1, 0.15) is 10.4 Å². The second-order valence-corrected chi connectivity index (χ2v) is 4.53. The Kier molecular flexibility index (Phi) is 3.96. The van der Waals surface area contributed by atoms with Gasteiger partial charge in [-0.1, -0.05) is 12.1 Å². The maximum absolute atomic E-state index is 12.3. The summed E-state index contributed by atoms with van der Waals surface area (Å²) in [5.41, 5.74) is 7.63. The summed E-state index contributed by atoms with van der Waals surface area (Å²) in [5.74, 6) is -0.150. The monoisotopic (exact) mass is 262 g/mol. The zero-order valence-electron chi connectivity index (χ0n) is 9.74. The van der Waals surface area contributed by atoms with Crippen molar-refractivity contribution in [3.63, 3.8) is 0 Å². The molecule has 0 fully saturated rings. The number of nitrogen functional groups attached to an aromatic ring is 1. The number of nitrogens with zero attached hydrogens (tertiary/aromatic N) is 1. The molecule has 5 heteroatoms. The molecule has 1 aromatic carbocycles. The number of para-hydroxylation sites is 2. The molecular weight excluding hydrogens is 248 g/mol. The van der Waals surface area contributed by atoms with E-state index in [-0.39, 0.29) is 19.1 Å². The van der Waals surface area contributed by atoms with Gasteiger partial charge in [-0.25, -0.2) is 0 Å². The van der Waals surface area contributed by atoms with Gasteiger partial charge in [0.1, 0.15) is 0 Å². The molecular formula is C13H14N2O2S. The number of carbonyl (C=O) groups is 1. The van der Waals surface area contributed by atoms with Crippen molar-refractivity contribution in [2.24, 2.45) is 0 Å². The summed E-state index contributed by atoms with van der Waals surface area (Å²) in [7, 11) is 0. The van der Waals surface area contributed by atoms with Gasteiger partial charge in [0.15, 0.2) is 0 Å². The van der Waals surface area contributed by atoms with E-state index in [0.717, 1.165) is 0 Å². The van der Waals surface area contributed by atoms with Crippen molar-refractivity contribution >= 4 is 28.6 Å². The number of thiophene rings is 1. The molecule has 0 spiro atoms. The van der Waals surface area contributed by atoms with Gasteiger partial charge in [0, 0.05) is 11.9 Å². The van der Waals surface area contributed by atoms with Gasteiger partial charge in [0.2, 0.25) is 0 Å². The third-order valence-electron chi connectivity index (χ3n) is 2.56. The predicted octanol–water partition coefficient (Wildman–Crippen LogP) is 1.97.